The van der Waals surface area contributed by atoms with Crippen LogP contribution >= 0.6 is 26.6 Å². The van der Waals surface area contributed by atoms with Crippen LogP contribution in [0.5, 0.6) is 5.75 Å². The minimum Gasteiger partial charge on any atom is -0.505 e. The summed E-state index contributed by atoms with van der Waals surface area (Å²) in [4.78, 5) is 2.44. The molecule has 0 aliphatic rings. The zero-order valence-corrected chi connectivity index (χ0v) is 9.94. The molecule has 0 unspecified atom stereocenters. The van der Waals surface area contributed by atoms with Crippen molar-refractivity contribution >= 4 is 35.7 Å². The minimum atomic E-state index is -4.29. The quantitative estimate of drug-likeness (QED) is 0.671. The normalized spacial score (nSPS) is 12.1. The lowest BCUT2D eigenvalue weighted by Gasteiger charge is -2.06. The summed E-state index contributed by atoms with van der Waals surface area (Å²) >= 11 is 2.73. The van der Waals surface area contributed by atoms with Gasteiger partial charge in [0.1, 0.15) is 9.50 Å². The predicted octanol–water partition coefficient (Wildman–Crippen LogP) is 2.41. The van der Waals surface area contributed by atoms with Crippen LogP contribution in [0.1, 0.15) is 12.1 Å². The molecular formula is C6H3BrClF2NO3S. The van der Waals surface area contributed by atoms with Gasteiger partial charge < -0.3 is 5.11 Å². The maximum atomic E-state index is 12.3. The van der Waals surface area contributed by atoms with Crippen LogP contribution in [0.25, 0.3) is 0 Å². The molecule has 1 aromatic rings. The smallest absolute Gasteiger partial charge is 0.284 e. The second-order valence-corrected chi connectivity index (χ2v) is 5.76. The molecule has 9 heteroatoms. The van der Waals surface area contributed by atoms with E-state index in [-0.39, 0.29) is 4.60 Å². The van der Waals surface area contributed by atoms with Crippen molar-refractivity contribution in [1.29, 1.82) is 0 Å². The van der Waals surface area contributed by atoms with Crippen LogP contribution in [0, 0.1) is 0 Å². The Balaban J connectivity index is 3.56. The summed E-state index contributed by atoms with van der Waals surface area (Å²) in [6.45, 7) is 0. The summed E-state index contributed by atoms with van der Waals surface area (Å²) in [6.07, 6.45) is -3.10. The molecule has 1 heterocycles. The molecule has 0 bridgehead atoms. The van der Waals surface area contributed by atoms with Gasteiger partial charge in [-0.1, -0.05) is 0 Å². The van der Waals surface area contributed by atoms with E-state index in [2.05, 4.69) is 20.9 Å². The zero-order chi connectivity index (χ0) is 11.8. The molecule has 0 spiro atoms. The molecule has 0 aliphatic carbocycles. The molecule has 0 aliphatic heterocycles. The highest BCUT2D eigenvalue weighted by Crippen LogP contribution is 2.35. The molecular weight excluding hydrogens is 319 g/mol. The van der Waals surface area contributed by atoms with Gasteiger partial charge in [-0.15, -0.1) is 0 Å². The van der Waals surface area contributed by atoms with E-state index >= 15 is 0 Å². The largest absolute Gasteiger partial charge is 0.505 e. The van der Waals surface area contributed by atoms with Crippen molar-refractivity contribution in [2.75, 3.05) is 0 Å². The van der Waals surface area contributed by atoms with Gasteiger partial charge in [0.25, 0.3) is 15.5 Å². The number of hydrogen-bond acceptors (Lipinski definition) is 4. The number of pyridine rings is 1. The van der Waals surface area contributed by atoms with Gasteiger partial charge in [0.05, 0.1) is 0 Å². The Morgan fingerprint density at radius 1 is 1.53 bits per heavy atom. The van der Waals surface area contributed by atoms with E-state index in [9.17, 15) is 22.3 Å². The monoisotopic (exact) mass is 321 g/mol. The molecule has 0 fully saturated rings. The van der Waals surface area contributed by atoms with E-state index in [1.807, 2.05) is 0 Å². The van der Waals surface area contributed by atoms with Crippen LogP contribution in [0.3, 0.4) is 0 Å². The molecule has 1 N–H and O–H groups in total. The Morgan fingerprint density at radius 3 is 2.47 bits per heavy atom. The van der Waals surface area contributed by atoms with Crippen molar-refractivity contribution in [3.63, 3.8) is 0 Å². The van der Waals surface area contributed by atoms with E-state index in [1.165, 1.54) is 0 Å². The summed E-state index contributed by atoms with van der Waals surface area (Å²) in [5.74, 6) is -1.14. The SMILES string of the molecule is O=S(=O)(Cl)c1cc(Br)nc(C(F)F)c1O. The molecule has 0 radical (unpaired) electrons. The third kappa shape index (κ3) is 2.76. The number of aromatic nitrogens is 1. The van der Waals surface area contributed by atoms with E-state index in [4.69, 9.17) is 10.7 Å². The standard InChI is InChI=1S/C6H3BrClF2NO3S/c7-3-1-2(15(8,13)14)5(12)4(11-3)6(9)10/h1,6,12H. The maximum Gasteiger partial charge on any atom is 0.284 e. The Bertz CT molecular complexity index is 493. The molecule has 0 saturated carbocycles. The first-order valence-electron chi connectivity index (χ1n) is 3.35. The average molecular weight is 323 g/mol. The highest BCUT2D eigenvalue weighted by molar-refractivity contribution is 9.10. The predicted molar refractivity (Wildman–Crippen MR) is 51.6 cm³/mol. The fraction of sp³-hybridized carbons (Fsp3) is 0.167. The van der Waals surface area contributed by atoms with E-state index in [0.29, 0.717) is 0 Å². The molecule has 1 rings (SSSR count). The van der Waals surface area contributed by atoms with Crippen molar-refractivity contribution in [2.24, 2.45) is 0 Å². The lowest BCUT2D eigenvalue weighted by molar-refractivity contribution is 0.141. The lowest BCUT2D eigenvalue weighted by Crippen LogP contribution is -1.99. The summed E-state index contributed by atoms with van der Waals surface area (Å²) in [6, 6.07) is 0.837. The van der Waals surface area contributed by atoms with Crippen molar-refractivity contribution in [1.82, 2.24) is 4.98 Å². The molecule has 84 valence electrons. The van der Waals surface area contributed by atoms with Crippen molar-refractivity contribution < 1.29 is 22.3 Å². The Labute approximate surface area is 96.4 Å². The second kappa shape index (κ2) is 4.18. The molecule has 4 nitrogen and oxygen atoms in total. The Morgan fingerprint density at radius 2 is 2.07 bits per heavy atom. The molecule has 0 aromatic carbocycles. The van der Waals surface area contributed by atoms with Gasteiger partial charge in [-0.2, -0.15) is 0 Å². The van der Waals surface area contributed by atoms with Crippen molar-refractivity contribution in [3.05, 3.63) is 16.4 Å². The van der Waals surface area contributed by atoms with E-state index in [1.54, 1.807) is 0 Å². The van der Waals surface area contributed by atoms with Crippen LogP contribution in [-0.2, 0) is 9.05 Å². The van der Waals surface area contributed by atoms with Gasteiger partial charge in [-0.25, -0.2) is 22.2 Å². The second-order valence-electron chi connectivity index (χ2n) is 2.42. The first kappa shape index (κ1) is 12.6. The van der Waals surface area contributed by atoms with Crippen LogP contribution in [0.15, 0.2) is 15.6 Å². The van der Waals surface area contributed by atoms with Gasteiger partial charge in [-0.05, 0) is 22.0 Å². The summed E-state index contributed by atoms with van der Waals surface area (Å²) in [7, 11) is 0.638. The first-order valence-corrected chi connectivity index (χ1v) is 6.46. The number of nitrogens with zero attached hydrogens (tertiary/aromatic N) is 1. The molecule has 0 atom stereocenters. The molecule has 1 aromatic heterocycles. The zero-order valence-electron chi connectivity index (χ0n) is 6.79. The third-order valence-corrected chi connectivity index (χ3v) is 3.16. The van der Waals surface area contributed by atoms with Crippen LogP contribution in [0.2, 0.25) is 0 Å². The number of halogens is 4. The number of alkyl halides is 2. The summed E-state index contributed by atoms with van der Waals surface area (Å²) in [5, 5.41) is 9.19. The van der Waals surface area contributed by atoms with Gasteiger partial charge >= 0.3 is 0 Å². The van der Waals surface area contributed by atoms with Crippen molar-refractivity contribution in [3.8, 4) is 5.75 Å². The lowest BCUT2D eigenvalue weighted by atomic mass is 10.3. The summed E-state index contributed by atoms with van der Waals surface area (Å²) < 4.78 is 46.2. The van der Waals surface area contributed by atoms with E-state index in [0.717, 1.165) is 6.07 Å². The van der Waals surface area contributed by atoms with Crippen molar-refractivity contribution in [2.45, 2.75) is 11.3 Å². The highest BCUT2D eigenvalue weighted by Gasteiger charge is 2.25. The van der Waals surface area contributed by atoms with Crippen LogP contribution in [0.4, 0.5) is 8.78 Å². The molecule has 0 saturated heterocycles. The third-order valence-electron chi connectivity index (χ3n) is 1.42. The van der Waals surface area contributed by atoms with Gasteiger partial charge in [0.15, 0.2) is 11.4 Å². The summed E-state index contributed by atoms with van der Waals surface area (Å²) in [5.41, 5.74) is -1.04. The van der Waals surface area contributed by atoms with Gasteiger partial charge in [-0.3, -0.25) is 0 Å². The van der Waals surface area contributed by atoms with E-state index < -0.39 is 31.8 Å². The number of hydrogen-bond donors (Lipinski definition) is 1. The fourth-order valence-corrected chi connectivity index (χ4v) is 2.35. The Hall–Kier alpha value is -0.470. The average Bonchev–Trinajstić information content (AvgIpc) is 2.06. The minimum absolute atomic E-state index is 0.158. The molecule has 15 heavy (non-hydrogen) atoms. The molecule has 0 amide bonds. The van der Waals surface area contributed by atoms with Gasteiger partial charge in [0, 0.05) is 10.7 Å². The van der Waals surface area contributed by atoms with Crippen LogP contribution in [-0.4, -0.2) is 18.5 Å². The first-order chi connectivity index (χ1) is 6.73. The maximum absolute atomic E-state index is 12.3. The highest BCUT2D eigenvalue weighted by atomic mass is 79.9. The number of aromatic hydroxyl groups is 1. The van der Waals surface area contributed by atoms with Crippen LogP contribution < -0.4 is 0 Å². The van der Waals surface area contributed by atoms with Gasteiger partial charge in [0.2, 0.25) is 0 Å². The fourth-order valence-electron chi connectivity index (χ4n) is 0.841. The Kier molecular flexibility index (Phi) is 3.51. The number of rotatable bonds is 2. The topological polar surface area (TPSA) is 67.3 Å².